The summed E-state index contributed by atoms with van der Waals surface area (Å²) in [5, 5.41) is 11.3. The van der Waals surface area contributed by atoms with Crippen molar-refractivity contribution in [2.75, 3.05) is 43.9 Å². The van der Waals surface area contributed by atoms with E-state index in [0.717, 1.165) is 31.1 Å². The zero-order valence-electron chi connectivity index (χ0n) is 12.8. The highest BCUT2D eigenvalue weighted by molar-refractivity contribution is 5.59. The van der Waals surface area contributed by atoms with Crippen LogP contribution in [0.4, 0.5) is 17.5 Å². The van der Waals surface area contributed by atoms with Gasteiger partial charge in [-0.05, 0) is 33.2 Å². The van der Waals surface area contributed by atoms with Crippen LogP contribution in [0.1, 0.15) is 6.92 Å². The second-order valence-electron chi connectivity index (χ2n) is 4.95. The number of benzene rings is 1. The molecule has 0 amide bonds. The molecule has 1 heterocycles. The molecule has 0 aliphatic rings. The van der Waals surface area contributed by atoms with Crippen LogP contribution in [-0.2, 0) is 0 Å². The minimum absolute atomic E-state index is 0.559. The monoisotopic (exact) mass is 286 g/mol. The standard InChI is InChI=1S/C15H22N6/c1-4-21(13-8-6-5-7-9-13)14-12-17-19-15(18-14)16-10-11-20(2)3/h5-9,12H,4,10-11H2,1-3H3,(H,16,18,19). The van der Waals surface area contributed by atoms with Crippen molar-refractivity contribution in [1.29, 1.82) is 0 Å². The Hall–Kier alpha value is -2.21. The van der Waals surface area contributed by atoms with Crippen LogP contribution in [-0.4, -0.2) is 53.8 Å². The highest BCUT2D eigenvalue weighted by Gasteiger charge is 2.10. The molecule has 0 fully saturated rings. The third-order valence-corrected chi connectivity index (χ3v) is 3.05. The maximum Gasteiger partial charge on any atom is 0.244 e. The van der Waals surface area contributed by atoms with Crippen LogP contribution >= 0.6 is 0 Å². The number of aromatic nitrogens is 3. The van der Waals surface area contributed by atoms with E-state index in [1.807, 2.05) is 32.3 Å². The van der Waals surface area contributed by atoms with Gasteiger partial charge in [-0.3, -0.25) is 0 Å². The molecule has 0 saturated carbocycles. The average molecular weight is 286 g/mol. The SMILES string of the molecule is CCN(c1ccccc1)c1cnnc(NCCN(C)C)n1. The van der Waals surface area contributed by atoms with Gasteiger partial charge in [0.05, 0.1) is 6.20 Å². The molecule has 2 aromatic rings. The molecule has 0 radical (unpaired) electrons. The smallest absolute Gasteiger partial charge is 0.244 e. The van der Waals surface area contributed by atoms with E-state index in [-0.39, 0.29) is 0 Å². The Balaban J connectivity index is 2.11. The van der Waals surface area contributed by atoms with Gasteiger partial charge in [0.15, 0.2) is 5.82 Å². The van der Waals surface area contributed by atoms with Gasteiger partial charge in [-0.2, -0.15) is 10.1 Å². The lowest BCUT2D eigenvalue weighted by atomic mass is 10.3. The van der Waals surface area contributed by atoms with Gasteiger partial charge in [0, 0.05) is 25.3 Å². The number of hydrogen-bond acceptors (Lipinski definition) is 6. The molecule has 0 atom stereocenters. The first kappa shape index (κ1) is 15.2. The van der Waals surface area contributed by atoms with Gasteiger partial charge in [-0.15, -0.1) is 5.10 Å². The summed E-state index contributed by atoms with van der Waals surface area (Å²) in [4.78, 5) is 8.75. The van der Waals surface area contributed by atoms with Crippen molar-refractivity contribution in [2.45, 2.75) is 6.92 Å². The summed E-state index contributed by atoms with van der Waals surface area (Å²) in [6.07, 6.45) is 1.69. The van der Waals surface area contributed by atoms with Crippen molar-refractivity contribution in [3.63, 3.8) is 0 Å². The minimum atomic E-state index is 0.559. The second kappa shape index (κ2) is 7.54. The summed E-state index contributed by atoms with van der Waals surface area (Å²) in [6.45, 7) is 4.62. The third-order valence-electron chi connectivity index (χ3n) is 3.05. The van der Waals surface area contributed by atoms with E-state index in [9.17, 15) is 0 Å². The predicted octanol–water partition coefficient (Wildman–Crippen LogP) is 2.00. The lowest BCUT2D eigenvalue weighted by molar-refractivity contribution is 0.425. The third kappa shape index (κ3) is 4.39. The summed E-state index contributed by atoms with van der Waals surface area (Å²) in [6, 6.07) is 10.2. The number of hydrogen-bond donors (Lipinski definition) is 1. The van der Waals surface area contributed by atoms with Gasteiger partial charge in [-0.25, -0.2) is 0 Å². The molecule has 0 aliphatic heterocycles. The highest BCUT2D eigenvalue weighted by atomic mass is 15.3. The van der Waals surface area contributed by atoms with Crippen LogP contribution < -0.4 is 10.2 Å². The van der Waals surface area contributed by atoms with Gasteiger partial charge in [0.2, 0.25) is 5.95 Å². The van der Waals surface area contributed by atoms with E-state index in [2.05, 4.69) is 49.4 Å². The van der Waals surface area contributed by atoms with Crippen LogP contribution in [0, 0.1) is 0 Å². The maximum atomic E-state index is 4.54. The Kier molecular flexibility index (Phi) is 5.45. The van der Waals surface area contributed by atoms with Gasteiger partial charge >= 0.3 is 0 Å². The van der Waals surface area contributed by atoms with Crippen molar-refractivity contribution in [3.05, 3.63) is 36.5 Å². The minimum Gasteiger partial charge on any atom is -0.352 e. The summed E-state index contributed by atoms with van der Waals surface area (Å²) >= 11 is 0. The molecule has 2 rings (SSSR count). The Morgan fingerprint density at radius 2 is 1.90 bits per heavy atom. The summed E-state index contributed by atoms with van der Waals surface area (Å²) in [5.41, 5.74) is 1.10. The van der Waals surface area contributed by atoms with Crippen LogP contribution in [0.2, 0.25) is 0 Å². The molecule has 1 N–H and O–H groups in total. The van der Waals surface area contributed by atoms with E-state index < -0.39 is 0 Å². The molecule has 0 spiro atoms. The van der Waals surface area contributed by atoms with E-state index >= 15 is 0 Å². The molecule has 112 valence electrons. The fourth-order valence-corrected chi connectivity index (χ4v) is 1.98. The van der Waals surface area contributed by atoms with Crippen molar-refractivity contribution in [1.82, 2.24) is 20.1 Å². The fourth-order valence-electron chi connectivity index (χ4n) is 1.98. The van der Waals surface area contributed by atoms with Crippen LogP contribution in [0.5, 0.6) is 0 Å². The molecule has 6 heteroatoms. The molecule has 0 bridgehead atoms. The number of para-hydroxylation sites is 1. The lowest BCUT2D eigenvalue weighted by Gasteiger charge is -2.21. The average Bonchev–Trinajstić information content (AvgIpc) is 2.49. The molecule has 0 unspecified atom stereocenters. The van der Waals surface area contributed by atoms with Gasteiger partial charge in [0.1, 0.15) is 0 Å². The maximum absolute atomic E-state index is 4.54. The zero-order chi connectivity index (χ0) is 15.1. The van der Waals surface area contributed by atoms with Gasteiger partial charge < -0.3 is 15.1 Å². The van der Waals surface area contributed by atoms with E-state index in [1.165, 1.54) is 0 Å². The van der Waals surface area contributed by atoms with Crippen LogP contribution in [0.3, 0.4) is 0 Å². The summed E-state index contributed by atoms with van der Waals surface area (Å²) < 4.78 is 0. The molecule has 6 nitrogen and oxygen atoms in total. The van der Waals surface area contributed by atoms with Gasteiger partial charge in [-0.1, -0.05) is 18.2 Å². The summed E-state index contributed by atoms with van der Waals surface area (Å²) in [7, 11) is 4.07. The lowest BCUT2D eigenvalue weighted by Crippen LogP contribution is -2.23. The molecule has 0 aliphatic carbocycles. The first-order valence-corrected chi connectivity index (χ1v) is 7.11. The highest BCUT2D eigenvalue weighted by Crippen LogP contribution is 2.22. The Labute approximate surface area is 125 Å². The number of rotatable bonds is 7. The Morgan fingerprint density at radius 1 is 1.14 bits per heavy atom. The molecule has 1 aromatic heterocycles. The number of nitrogens with zero attached hydrogens (tertiary/aromatic N) is 5. The predicted molar refractivity (Wildman–Crippen MR) is 86.0 cm³/mol. The van der Waals surface area contributed by atoms with Crippen molar-refractivity contribution < 1.29 is 0 Å². The van der Waals surface area contributed by atoms with Crippen molar-refractivity contribution in [2.24, 2.45) is 0 Å². The van der Waals surface area contributed by atoms with Crippen LogP contribution in [0.15, 0.2) is 36.5 Å². The molecular weight excluding hydrogens is 264 g/mol. The largest absolute Gasteiger partial charge is 0.352 e. The number of anilines is 3. The Bertz CT molecular complexity index is 543. The summed E-state index contributed by atoms with van der Waals surface area (Å²) in [5.74, 6) is 1.36. The zero-order valence-corrected chi connectivity index (χ0v) is 12.8. The van der Waals surface area contributed by atoms with E-state index in [1.54, 1.807) is 6.20 Å². The fraction of sp³-hybridized carbons (Fsp3) is 0.400. The van der Waals surface area contributed by atoms with Gasteiger partial charge in [0.25, 0.3) is 0 Å². The molecule has 21 heavy (non-hydrogen) atoms. The van der Waals surface area contributed by atoms with Crippen molar-refractivity contribution >= 4 is 17.5 Å². The molecular formula is C15H22N6. The first-order chi connectivity index (χ1) is 10.2. The van der Waals surface area contributed by atoms with E-state index in [4.69, 9.17) is 0 Å². The second-order valence-corrected chi connectivity index (χ2v) is 4.95. The Morgan fingerprint density at radius 3 is 2.57 bits per heavy atom. The normalized spacial score (nSPS) is 10.7. The number of likely N-dealkylation sites (N-methyl/N-ethyl adjacent to an activating group) is 1. The quantitative estimate of drug-likeness (QED) is 0.840. The molecule has 0 saturated heterocycles. The first-order valence-electron chi connectivity index (χ1n) is 7.11. The van der Waals surface area contributed by atoms with Crippen LogP contribution in [0.25, 0.3) is 0 Å². The van der Waals surface area contributed by atoms with Crippen molar-refractivity contribution in [3.8, 4) is 0 Å². The number of nitrogens with one attached hydrogen (secondary N) is 1. The molecule has 1 aromatic carbocycles. The van der Waals surface area contributed by atoms with E-state index in [0.29, 0.717) is 5.95 Å². The topological polar surface area (TPSA) is 57.2 Å².